The fourth-order valence-corrected chi connectivity index (χ4v) is 6.82. The Labute approximate surface area is 228 Å². The third-order valence-electron chi connectivity index (χ3n) is 6.82. The number of hydrogen-bond acceptors (Lipinski definition) is 6. The van der Waals surface area contributed by atoms with Crippen LogP contribution in [0.4, 0.5) is 13.2 Å². The summed E-state index contributed by atoms with van der Waals surface area (Å²) in [4.78, 5) is 22.5. The van der Waals surface area contributed by atoms with E-state index in [1.807, 2.05) is 45.2 Å². The summed E-state index contributed by atoms with van der Waals surface area (Å²) in [6.07, 6.45) is 2.25. The Morgan fingerprint density at radius 3 is 2.59 bits per heavy atom. The molecule has 8 nitrogen and oxygen atoms in total. The van der Waals surface area contributed by atoms with Crippen LogP contribution in [0.25, 0.3) is 32.7 Å². The summed E-state index contributed by atoms with van der Waals surface area (Å²) in [5, 5.41) is 0.937. The number of aryl methyl sites for hydroxylation is 1. The molecule has 0 aromatic carbocycles. The summed E-state index contributed by atoms with van der Waals surface area (Å²) < 4.78 is 51.3. The molecule has 0 amide bonds. The Kier molecular flexibility index (Phi) is 6.34. The van der Waals surface area contributed by atoms with Crippen molar-refractivity contribution in [2.75, 3.05) is 7.11 Å². The Morgan fingerprint density at radius 2 is 1.90 bits per heavy atom. The molecule has 0 unspecified atom stereocenters. The maximum atomic E-state index is 13.4. The van der Waals surface area contributed by atoms with Crippen molar-refractivity contribution in [2.45, 2.75) is 58.3 Å². The molecule has 0 atom stereocenters. The molecule has 0 saturated heterocycles. The number of rotatable bonds is 7. The van der Waals surface area contributed by atoms with Gasteiger partial charge in [-0.25, -0.2) is 0 Å². The number of alkyl halides is 3. The van der Waals surface area contributed by atoms with E-state index in [2.05, 4.69) is 19.5 Å². The Morgan fingerprint density at radius 1 is 1.10 bits per heavy atom. The number of methoxy groups -OCH3 is 1. The van der Waals surface area contributed by atoms with Crippen LogP contribution < -0.4 is 4.74 Å². The molecule has 5 aromatic rings. The van der Waals surface area contributed by atoms with E-state index in [1.54, 1.807) is 11.7 Å². The van der Waals surface area contributed by atoms with Crippen LogP contribution in [0.5, 0.6) is 5.88 Å². The van der Waals surface area contributed by atoms with Gasteiger partial charge in [0.25, 0.3) is 0 Å². The molecule has 1 fully saturated rings. The molecular formula is C27H26F3N7OSe. The Balaban J connectivity index is 1.37. The van der Waals surface area contributed by atoms with Crippen molar-refractivity contribution in [3.63, 3.8) is 0 Å². The van der Waals surface area contributed by atoms with E-state index in [9.17, 15) is 13.2 Å². The van der Waals surface area contributed by atoms with E-state index < -0.39 is 11.9 Å². The quantitative estimate of drug-likeness (QED) is 0.225. The SMILES string of the molecule is COc1ncnc(C2CC2)c1-c1nc(C)c2ccn(Cc3ccc(-c4nc(C(F)(F)F)cn4C(C)C)[se]3)c2n1. The summed E-state index contributed by atoms with van der Waals surface area (Å²) in [6.45, 7) is 6.23. The fourth-order valence-electron chi connectivity index (χ4n) is 4.73. The van der Waals surface area contributed by atoms with Crippen molar-refractivity contribution in [3.05, 3.63) is 58.4 Å². The average Bonchev–Trinajstić information content (AvgIpc) is 3.27. The van der Waals surface area contributed by atoms with Gasteiger partial charge in [-0.05, 0) is 0 Å². The molecule has 0 N–H and O–H groups in total. The fraction of sp³-hybridized carbons (Fsp3) is 0.370. The van der Waals surface area contributed by atoms with Gasteiger partial charge in [-0.2, -0.15) is 0 Å². The summed E-state index contributed by atoms with van der Waals surface area (Å²) in [6, 6.07) is 5.73. The predicted molar refractivity (Wildman–Crippen MR) is 141 cm³/mol. The molecule has 6 rings (SSSR count). The molecule has 39 heavy (non-hydrogen) atoms. The van der Waals surface area contributed by atoms with Crippen LogP contribution in [-0.4, -0.2) is 55.7 Å². The molecule has 5 aromatic heterocycles. The molecule has 0 bridgehead atoms. The number of imidazole rings is 1. The van der Waals surface area contributed by atoms with E-state index in [4.69, 9.17) is 14.7 Å². The second-order valence-corrected chi connectivity index (χ2v) is 12.4. The zero-order valence-corrected chi connectivity index (χ0v) is 23.5. The van der Waals surface area contributed by atoms with Crippen molar-refractivity contribution < 1.29 is 17.9 Å². The van der Waals surface area contributed by atoms with Gasteiger partial charge in [0, 0.05) is 0 Å². The van der Waals surface area contributed by atoms with Gasteiger partial charge in [0.15, 0.2) is 0 Å². The third kappa shape index (κ3) is 4.76. The Hall–Kier alpha value is -3.50. The molecule has 1 aliphatic rings. The van der Waals surface area contributed by atoms with Crippen molar-refractivity contribution >= 4 is 25.5 Å². The number of aromatic nitrogens is 7. The zero-order valence-electron chi connectivity index (χ0n) is 21.8. The third-order valence-corrected chi connectivity index (χ3v) is 9.06. The minimum absolute atomic E-state index is 0.143. The van der Waals surface area contributed by atoms with Gasteiger partial charge in [-0.1, -0.05) is 0 Å². The maximum absolute atomic E-state index is 13.4. The topological polar surface area (TPSA) is 83.5 Å². The molecule has 1 aliphatic carbocycles. The monoisotopic (exact) mass is 601 g/mol. The first-order valence-corrected chi connectivity index (χ1v) is 14.3. The first-order chi connectivity index (χ1) is 18.6. The number of fused-ring (bicyclic) bond motifs is 1. The van der Waals surface area contributed by atoms with Crippen molar-refractivity contribution in [2.24, 2.45) is 0 Å². The molecule has 5 heterocycles. The van der Waals surface area contributed by atoms with Crippen molar-refractivity contribution in [1.82, 2.24) is 34.1 Å². The van der Waals surface area contributed by atoms with Crippen LogP contribution in [0, 0.1) is 6.92 Å². The van der Waals surface area contributed by atoms with E-state index in [1.165, 1.54) is 6.33 Å². The first kappa shape index (κ1) is 25.8. The Bertz CT molecular complexity index is 1680. The van der Waals surface area contributed by atoms with Gasteiger partial charge in [-0.3, -0.25) is 0 Å². The zero-order chi connectivity index (χ0) is 27.5. The van der Waals surface area contributed by atoms with Crippen molar-refractivity contribution in [3.8, 4) is 27.5 Å². The molecule has 0 radical (unpaired) electrons. The number of ether oxygens (including phenoxy) is 1. The molecule has 1 saturated carbocycles. The predicted octanol–water partition coefficient (Wildman–Crippen LogP) is 5.65. The van der Waals surface area contributed by atoms with Crippen LogP contribution in [0.15, 0.2) is 36.9 Å². The van der Waals surface area contributed by atoms with Crippen molar-refractivity contribution in [1.29, 1.82) is 0 Å². The summed E-state index contributed by atoms with van der Waals surface area (Å²) in [5.74, 6) is 1.72. The van der Waals surface area contributed by atoms with Crippen LogP contribution in [0.1, 0.15) is 60.2 Å². The second-order valence-electron chi connectivity index (χ2n) is 9.95. The van der Waals surface area contributed by atoms with E-state index in [-0.39, 0.29) is 20.5 Å². The molecule has 0 spiro atoms. The van der Waals surface area contributed by atoms with Gasteiger partial charge in [0.1, 0.15) is 0 Å². The van der Waals surface area contributed by atoms with E-state index >= 15 is 0 Å². The van der Waals surface area contributed by atoms with E-state index in [0.29, 0.717) is 30.0 Å². The van der Waals surface area contributed by atoms with Gasteiger partial charge < -0.3 is 0 Å². The molecule has 12 heteroatoms. The van der Waals surface area contributed by atoms with Gasteiger partial charge in [0.05, 0.1) is 0 Å². The standard InChI is InChI=1S/C27H26F3N7OSe/c1-14(2)37-12-20(27(28,29)30)34-25(37)19-8-7-17(39-19)11-36-10-9-18-15(3)33-23(35-24(18)36)21-22(16-5-6-16)31-13-32-26(21)38-4/h7-10,12-14,16H,5-6,11H2,1-4H3. The van der Waals surface area contributed by atoms with Gasteiger partial charge in [-0.15, -0.1) is 0 Å². The molecule has 0 aliphatic heterocycles. The molecule has 202 valence electrons. The number of hydrogen-bond donors (Lipinski definition) is 0. The van der Waals surface area contributed by atoms with E-state index in [0.717, 1.165) is 55.9 Å². The van der Waals surface area contributed by atoms with Gasteiger partial charge in [0.2, 0.25) is 0 Å². The van der Waals surface area contributed by atoms with Crippen LogP contribution >= 0.6 is 0 Å². The number of halogens is 3. The average molecular weight is 601 g/mol. The number of nitrogens with zero attached hydrogens (tertiary/aromatic N) is 7. The summed E-state index contributed by atoms with van der Waals surface area (Å²) in [7, 11) is 1.58. The minimum atomic E-state index is -4.48. The summed E-state index contributed by atoms with van der Waals surface area (Å²) in [5.41, 5.74) is 2.39. The van der Waals surface area contributed by atoms with Crippen LogP contribution in [-0.2, 0) is 12.7 Å². The van der Waals surface area contributed by atoms with Gasteiger partial charge >= 0.3 is 229 Å². The summed E-state index contributed by atoms with van der Waals surface area (Å²) >= 11 is -0.183. The van der Waals surface area contributed by atoms with Crippen LogP contribution in [0.3, 0.4) is 0 Å². The second kappa shape index (κ2) is 9.60. The normalized spacial score (nSPS) is 14.1. The van der Waals surface area contributed by atoms with Crippen LogP contribution in [0.2, 0.25) is 0 Å². The molecular weight excluding hydrogens is 574 g/mol. The first-order valence-electron chi connectivity index (χ1n) is 12.6.